The Kier molecular flexibility index (Phi) is 7.37. The quantitative estimate of drug-likeness (QED) is 0.770. The van der Waals surface area contributed by atoms with Gasteiger partial charge in [0, 0.05) is 6.04 Å². The highest BCUT2D eigenvalue weighted by molar-refractivity contribution is 5.85. The first kappa shape index (κ1) is 19.0. The van der Waals surface area contributed by atoms with Gasteiger partial charge in [0.2, 0.25) is 5.91 Å². The zero-order valence-corrected chi connectivity index (χ0v) is 14.7. The highest BCUT2D eigenvalue weighted by Gasteiger charge is 2.24. The van der Waals surface area contributed by atoms with Crippen molar-refractivity contribution >= 4 is 18.3 Å². The molecule has 1 aliphatic rings. The van der Waals surface area contributed by atoms with Crippen LogP contribution in [0.25, 0.3) is 0 Å². The molecule has 1 amide bonds. The van der Waals surface area contributed by atoms with E-state index in [0.29, 0.717) is 6.54 Å². The Morgan fingerprint density at radius 1 is 1.27 bits per heavy atom. The molecular formula is C18H29ClN2O. The van der Waals surface area contributed by atoms with Crippen molar-refractivity contribution in [1.82, 2.24) is 10.6 Å². The molecule has 4 heteroatoms. The number of rotatable bonds is 8. The molecule has 1 saturated carbocycles. The zero-order chi connectivity index (χ0) is 15.3. The minimum Gasteiger partial charge on any atom is -0.353 e. The third-order valence-corrected chi connectivity index (χ3v) is 4.19. The Morgan fingerprint density at radius 3 is 2.50 bits per heavy atom. The molecule has 2 rings (SSSR count). The van der Waals surface area contributed by atoms with Crippen molar-refractivity contribution in [2.75, 3.05) is 13.1 Å². The molecule has 1 aromatic rings. The second kappa shape index (κ2) is 8.54. The first-order valence-electron chi connectivity index (χ1n) is 8.03. The number of carbonyl (C=O) groups excluding carboxylic acids is 1. The van der Waals surface area contributed by atoms with Crippen LogP contribution in [0.5, 0.6) is 0 Å². The molecule has 0 aromatic heterocycles. The number of carbonyl (C=O) groups is 1. The Bertz CT molecular complexity index is 457. The van der Waals surface area contributed by atoms with Crippen molar-refractivity contribution in [2.24, 2.45) is 5.92 Å². The highest BCUT2D eigenvalue weighted by atomic mass is 35.5. The molecule has 1 atom stereocenters. The summed E-state index contributed by atoms with van der Waals surface area (Å²) < 4.78 is 0. The molecular weight excluding hydrogens is 296 g/mol. The van der Waals surface area contributed by atoms with Crippen LogP contribution in [0.2, 0.25) is 0 Å². The van der Waals surface area contributed by atoms with E-state index < -0.39 is 0 Å². The van der Waals surface area contributed by atoms with Crippen LogP contribution in [0.4, 0.5) is 0 Å². The fraction of sp³-hybridized carbons (Fsp3) is 0.611. The van der Waals surface area contributed by atoms with Gasteiger partial charge in [-0.25, -0.2) is 0 Å². The molecule has 1 unspecified atom stereocenters. The van der Waals surface area contributed by atoms with Crippen LogP contribution in [-0.4, -0.2) is 25.0 Å². The van der Waals surface area contributed by atoms with E-state index in [-0.39, 0.29) is 29.8 Å². The molecule has 0 saturated heterocycles. The molecule has 0 spiro atoms. The summed E-state index contributed by atoms with van der Waals surface area (Å²) in [6.07, 6.45) is 3.57. The number of benzene rings is 1. The minimum atomic E-state index is 0. The van der Waals surface area contributed by atoms with Gasteiger partial charge in [-0.2, -0.15) is 0 Å². The lowest BCUT2D eigenvalue weighted by atomic mass is 9.79. The number of halogens is 1. The molecule has 2 N–H and O–H groups in total. The van der Waals surface area contributed by atoms with Crippen molar-refractivity contribution in [3.05, 3.63) is 35.9 Å². The van der Waals surface area contributed by atoms with Crippen molar-refractivity contribution in [3.8, 4) is 0 Å². The summed E-state index contributed by atoms with van der Waals surface area (Å²) in [5.74, 6) is 0.916. The van der Waals surface area contributed by atoms with E-state index in [1.165, 1.54) is 18.4 Å². The monoisotopic (exact) mass is 324 g/mol. The van der Waals surface area contributed by atoms with E-state index >= 15 is 0 Å². The largest absolute Gasteiger partial charge is 0.353 e. The summed E-state index contributed by atoms with van der Waals surface area (Å²) in [6.45, 7) is 7.97. The van der Waals surface area contributed by atoms with E-state index in [1.54, 1.807) is 0 Å². The lowest BCUT2D eigenvalue weighted by Crippen LogP contribution is -2.41. The van der Waals surface area contributed by atoms with Crippen molar-refractivity contribution < 1.29 is 4.79 Å². The SMILES string of the molecule is CC(CC(C)(C)c1ccccc1)NC(=O)CNCC1CC1.Cl. The van der Waals surface area contributed by atoms with Crippen LogP contribution in [-0.2, 0) is 10.2 Å². The normalized spacial score (nSPS) is 15.8. The molecule has 0 aliphatic heterocycles. The molecule has 124 valence electrons. The van der Waals surface area contributed by atoms with Gasteiger partial charge in [0.25, 0.3) is 0 Å². The van der Waals surface area contributed by atoms with Crippen molar-refractivity contribution in [3.63, 3.8) is 0 Å². The van der Waals surface area contributed by atoms with Gasteiger partial charge >= 0.3 is 0 Å². The number of hydrogen-bond acceptors (Lipinski definition) is 2. The lowest BCUT2D eigenvalue weighted by molar-refractivity contribution is -0.120. The van der Waals surface area contributed by atoms with E-state index in [2.05, 4.69) is 55.7 Å². The van der Waals surface area contributed by atoms with E-state index in [9.17, 15) is 4.79 Å². The second-order valence-corrected chi connectivity index (χ2v) is 7.00. The molecule has 0 heterocycles. The topological polar surface area (TPSA) is 41.1 Å². The average Bonchev–Trinajstić information content (AvgIpc) is 3.23. The van der Waals surface area contributed by atoms with Crippen molar-refractivity contribution in [2.45, 2.75) is 51.5 Å². The summed E-state index contributed by atoms with van der Waals surface area (Å²) in [6, 6.07) is 10.7. The zero-order valence-electron chi connectivity index (χ0n) is 13.9. The summed E-state index contributed by atoms with van der Waals surface area (Å²) in [5, 5.41) is 6.33. The number of nitrogens with one attached hydrogen (secondary N) is 2. The predicted octanol–water partition coefficient (Wildman–Crippen LogP) is 3.28. The third-order valence-electron chi connectivity index (χ3n) is 4.19. The Morgan fingerprint density at radius 2 is 1.91 bits per heavy atom. The fourth-order valence-electron chi connectivity index (χ4n) is 2.86. The Labute approximate surface area is 140 Å². The summed E-state index contributed by atoms with van der Waals surface area (Å²) >= 11 is 0. The van der Waals surface area contributed by atoms with E-state index in [0.717, 1.165) is 18.9 Å². The van der Waals surface area contributed by atoms with Crippen LogP contribution in [0.15, 0.2) is 30.3 Å². The van der Waals surface area contributed by atoms with Crippen LogP contribution in [0.1, 0.15) is 45.6 Å². The van der Waals surface area contributed by atoms with Crippen LogP contribution >= 0.6 is 12.4 Å². The minimum absolute atomic E-state index is 0. The maximum atomic E-state index is 11.9. The lowest BCUT2D eigenvalue weighted by Gasteiger charge is -2.29. The highest BCUT2D eigenvalue weighted by Crippen LogP contribution is 2.28. The van der Waals surface area contributed by atoms with Crippen LogP contribution < -0.4 is 10.6 Å². The molecule has 3 nitrogen and oxygen atoms in total. The van der Waals surface area contributed by atoms with Gasteiger partial charge in [-0.05, 0) is 49.6 Å². The van der Waals surface area contributed by atoms with Crippen LogP contribution in [0, 0.1) is 5.92 Å². The molecule has 1 aliphatic carbocycles. The van der Waals surface area contributed by atoms with E-state index in [4.69, 9.17) is 0 Å². The van der Waals surface area contributed by atoms with Gasteiger partial charge in [-0.3, -0.25) is 4.79 Å². The van der Waals surface area contributed by atoms with Gasteiger partial charge in [-0.1, -0.05) is 44.2 Å². The van der Waals surface area contributed by atoms with Gasteiger partial charge < -0.3 is 10.6 Å². The molecule has 1 aromatic carbocycles. The number of amides is 1. The second-order valence-electron chi connectivity index (χ2n) is 7.00. The first-order chi connectivity index (χ1) is 9.97. The fourth-order valence-corrected chi connectivity index (χ4v) is 2.86. The molecule has 1 fully saturated rings. The summed E-state index contributed by atoms with van der Waals surface area (Å²) in [4.78, 5) is 11.9. The molecule has 0 radical (unpaired) electrons. The number of hydrogen-bond donors (Lipinski definition) is 2. The molecule has 22 heavy (non-hydrogen) atoms. The smallest absolute Gasteiger partial charge is 0.234 e. The van der Waals surface area contributed by atoms with Gasteiger partial charge in [0.1, 0.15) is 0 Å². The average molecular weight is 325 g/mol. The summed E-state index contributed by atoms with van der Waals surface area (Å²) in [7, 11) is 0. The van der Waals surface area contributed by atoms with Gasteiger partial charge in [0.15, 0.2) is 0 Å². The Hall–Kier alpha value is -1.06. The molecule has 0 bridgehead atoms. The van der Waals surface area contributed by atoms with Crippen molar-refractivity contribution in [1.29, 1.82) is 0 Å². The maximum absolute atomic E-state index is 11.9. The third kappa shape index (κ3) is 6.37. The summed E-state index contributed by atoms with van der Waals surface area (Å²) in [5.41, 5.74) is 1.38. The predicted molar refractivity (Wildman–Crippen MR) is 94.5 cm³/mol. The van der Waals surface area contributed by atoms with Gasteiger partial charge in [-0.15, -0.1) is 12.4 Å². The van der Waals surface area contributed by atoms with Crippen LogP contribution in [0.3, 0.4) is 0 Å². The maximum Gasteiger partial charge on any atom is 0.234 e. The first-order valence-corrected chi connectivity index (χ1v) is 8.03. The van der Waals surface area contributed by atoms with E-state index in [1.807, 2.05) is 6.07 Å². The Balaban J connectivity index is 0.00000242. The standard InChI is InChI=1S/C18H28N2O.ClH/c1-14(20-17(21)13-19-12-15-9-10-15)11-18(2,3)16-7-5-4-6-8-16;/h4-8,14-15,19H,9-13H2,1-3H3,(H,20,21);1H. The van der Waals surface area contributed by atoms with Gasteiger partial charge in [0.05, 0.1) is 6.54 Å².